The summed E-state index contributed by atoms with van der Waals surface area (Å²) in [5, 5.41) is 9.35. The zero-order valence-corrected chi connectivity index (χ0v) is 10.2. The zero-order valence-electron chi connectivity index (χ0n) is 10.2. The maximum Gasteiger partial charge on any atom is 0.231 e. The molecule has 0 amide bonds. The van der Waals surface area contributed by atoms with Crippen LogP contribution in [0, 0.1) is 0 Å². The third-order valence-electron chi connectivity index (χ3n) is 2.83. The van der Waals surface area contributed by atoms with Crippen molar-refractivity contribution in [2.45, 2.75) is 13.2 Å². The average Bonchev–Trinajstić information content (AvgIpc) is 2.92. The Morgan fingerprint density at radius 1 is 1.21 bits per heavy atom. The van der Waals surface area contributed by atoms with Crippen molar-refractivity contribution in [2.75, 3.05) is 6.79 Å². The van der Waals surface area contributed by atoms with Gasteiger partial charge in [-0.1, -0.05) is 6.07 Å². The van der Waals surface area contributed by atoms with E-state index < -0.39 is 0 Å². The molecule has 2 aromatic rings. The van der Waals surface area contributed by atoms with Gasteiger partial charge in [0.25, 0.3) is 0 Å². The number of pyridine rings is 1. The standard InChI is InChI=1S/C14H13NO4/c16-7-10-5-13-14(19-9-18-13)6-12(10)17-8-11-3-1-2-4-15-11/h1-6,16H,7-9H2. The van der Waals surface area contributed by atoms with Gasteiger partial charge in [0.2, 0.25) is 6.79 Å². The lowest BCUT2D eigenvalue weighted by molar-refractivity contribution is 0.173. The van der Waals surface area contributed by atoms with E-state index in [0.29, 0.717) is 29.4 Å². The molecule has 0 saturated heterocycles. The Hall–Kier alpha value is -2.27. The third kappa shape index (κ3) is 2.46. The Morgan fingerprint density at radius 2 is 2.05 bits per heavy atom. The van der Waals surface area contributed by atoms with E-state index in [9.17, 15) is 5.11 Å². The first-order valence-electron chi connectivity index (χ1n) is 5.93. The van der Waals surface area contributed by atoms with E-state index >= 15 is 0 Å². The molecule has 0 aliphatic carbocycles. The molecule has 0 saturated carbocycles. The van der Waals surface area contributed by atoms with Gasteiger partial charge >= 0.3 is 0 Å². The summed E-state index contributed by atoms with van der Waals surface area (Å²) in [6.07, 6.45) is 1.71. The van der Waals surface area contributed by atoms with Crippen molar-refractivity contribution < 1.29 is 19.3 Å². The topological polar surface area (TPSA) is 60.8 Å². The molecule has 0 bridgehead atoms. The molecule has 2 heterocycles. The van der Waals surface area contributed by atoms with Crippen molar-refractivity contribution in [3.8, 4) is 17.2 Å². The molecule has 3 rings (SSSR count). The predicted molar refractivity (Wildman–Crippen MR) is 67.1 cm³/mol. The van der Waals surface area contributed by atoms with Crippen LogP contribution in [-0.4, -0.2) is 16.9 Å². The summed E-state index contributed by atoms with van der Waals surface area (Å²) in [6, 6.07) is 9.10. The molecule has 1 aromatic carbocycles. The normalized spacial score (nSPS) is 12.5. The summed E-state index contributed by atoms with van der Waals surface area (Å²) in [4.78, 5) is 4.18. The summed E-state index contributed by atoms with van der Waals surface area (Å²) in [7, 11) is 0. The van der Waals surface area contributed by atoms with Gasteiger partial charge in [-0.15, -0.1) is 0 Å². The summed E-state index contributed by atoms with van der Waals surface area (Å²) in [5.74, 6) is 1.85. The molecular formula is C14H13NO4. The van der Waals surface area contributed by atoms with Crippen LogP contribution in [0.25, 0.3) is 0 Å². The van der Waals surface area contributed by atoms with Gasteiger partial charge < -0.3 is 19.3 Å². The number of rotatable bonds is 4. The molecule has 0 spiro atoms. The molecule has 1 aliphatic rings. The van der Waals surface area contributed by atoms with E-state index in [4.69, 9.17) is 14.2 Å². The van der Waals surface area contributed by atoms with E-state index in [1.165, 1.54) is 0 Å². The van der Waals surface area contributed by atoms with Crippen LogP contribution in [0.3, 0.4) is 0 Å². The minimum Gasteiger partial charge on any atom is -0.487 e. The van der Waals surface area contributed by atoms with Crippen LogP contribution in [0.4, 0.5) is 0 Å². The summed E-state index contributed by atoms with van der Waals surface area (Å²) >= 11 is 0. The Labute approximate surface area is 110 Å². The maximum atomic E-state index is 9.35. The van der Waals surface area contributed by atoms with Crippen molar-refractivity contribution in [1.29, 1.82) is 0 Å². The van der Waals surface area contributed by atoms with Crippen LogP contribution < -0.4 is 14.2 Å². The molecule has 19 heavy (non-hydrogen) atoms. The molecule has 5 heteroatoms. The first-order chi connectivity index (χ1) is 9.36. The van der Waals surface area contributed by atoms with E-state index in [1.807, 2.05) is 18.2 Å². The van der Waals surface area contributed by atoms with Crippen molar-refractivity contribution >= 4 is 0 Å². The highest BCUT2D eigenvalue weighted by atomic mass is 16.7. The fourth-order valence-electron chi connectivity index (χ4n) is 1.86. The van der Waals surface area contributed by atoms with Crippen LogP contribution in [0.1, 0.15) is 11.3 Å². The Kier molecular flexibility index (Phi) is 3.20. The molecule has 0 atom stereocenters. The van der Waals surface area contributed by atoms with E-state index in [2.05, 4.69) is 4.98 Å². The number of hydrogen-bond acceptors (Lipinski definition) is 5. The van der Waals surface area contributed by atoms with Gasteiger partial charge in [0.15, 0.2) is 11.5 Å². The monoisotopic (exact) mass is 259 g/mol. The first kappa shape index (κ1) is 11.8. The summed E-state index contributed by atoms with van der Waals surface area (Å²) < 4.78 is 16.2. The van der Waals surface area contributed by atoms with Crippen LogP contribution in [-0.2, 0) is 13.2 Å². The smallest absolute Gasteiger partial charge is 0.231 e. The fraction of sp³-hybridized carbons (Fsp3) is 0.214. The Bertz CT molecular complexity index is 571. The summed E-state index contributed by atoms with van der Waals surface area (Å²) in [6.45, 7) is 0.422. The average molecular weight is 259 g/mol. The summed E-state index contributed by atoms with van der Waals surface area (Å²) in [5.41, 5.74) is 1.49. The van der Waals surface area contributed by atoms with Crippen molar-refractivity contribution in [1.82, 2.24) is 4.98 Å². The molecule has 1 aromatic heterocycles. The Balaban J connectivity index is 1.80. The molecule has 0 unspecified atom stereocenters. The highest BCUT2D eigenvalue weighted by Crippen LogP contribution is 2.38. The maximum absolute atomic E-state index is 9.35. The molecule has 98 valence electrons. The number of hydrogen-bond donors (Lipinski definition) is 1. The van der Waals surface area contributed by atoms with Gasteiger partial charge in [0.05, 0.1) is 12.3 Å². The minimum atomic E-state index is -0.117. The molecule has 1 aliphatic heterocycles. The van der Waals surface area contributed by atoms with Gasteiger partial charge in [0.1, 0.15) is 12.4 Å². The van der Waals surface area contributed by atoms with Crippen molar-refractivity contribution in [3.63, 3.8) is 0 Å². The lowest BCUT2D eigenvalue weighted by Gasteiger charge is -2.10. The van der Waals surface area contributed by atoms with Gasteiger partial charge in [0, 0.05) is 17.8 Å². The zero-order chi connectivity index (χ0) is 13.1. The van der Waals surface area contributed by atoms with Crippen LogP contribution in [0.5, 0.6) is 17.2 Å². The molecule has 1 N–H and O–H groups in total. The van der Waals surface area contributed by atoms with E-state index in [0.717, 1.165) is 5.69 Å². The number of aliphatic hydroxyl groups is 1. The van der Waals surface area contributed by atoms with Gasteiger partial charge in [-0.2, -0.15) is 0 Å². The van der Waals surface area contributed by atoms with Gasteiger partial charge in [-0.25, -0.2) is 0 Å². The lowest BCUT2D eigenvalue weighted by Crippen LogP contribution is -2.00. The largest absolute Gasteiger partial charge is 0.487 e. The second-order valence-corrected chi connectivity index (χ2v) is 4.08. The lowest BCUT2D eigenvalue weighted by atomic mass is 10.2. The van der Waals surface area contributed by atoms with Crippen molar-refractivity contribution in [2.24, 2.45) is 0 Å². The SMILES string of the molecule is OCc1cc2c(cc1OCc1ccccn1)OCO2. The molecule has 0 radical (unpaired) electrons. The van der Waals surface area contributed by atoms with E-state index in [-0.39, 0.29) is 13.4 Å². The number of aliphatic hydroxyl groups excluding tert-OH is 1. The predicted octanol–water partition coefficient (Wildman–Crippen LogP) is 1.88. The quantitative estimate of drug-likeness (QED) is 0.908. The molecule has 5 nitrogen and oxygen atoms in total. The second-order valence-electron chi connectivity index (χ2n) is 4.08. The third-order valence-corrected chi connectivity index (χ3v) is 2.83. The number of fused-ring (bicyclic) bond motifs is 1. The first-order valence-corrected chi connectivity index (χ1v) is 5.93. The fourth-order valence-corrected chi connectivity index (χ4v) is 1.86. The van der Waals surface area contributed by atoms with Crippen molar-refractivity contribution in [3.05, 3.63) is 47.8 Å². The van der Waals surface area contributed by atoms with Gasteiger partial charge in [-0.3, -0.25) is 4.98 Å². The number of ether oxygens (including phenoxy) is 3. The van der Waals surface area contributed by atoms with E-state index in [1.54, 1.807) is 18.3 Å². The van der Waals surface area contributed by atoms with Crippen LogP contribution in [0.15, 0.2) is 36.5 Å². The van der Waals surface area contributed by atoms with Crippen LogP contribution >= 0.6 is 0 Å². The highest BCUT2D eigenvalue weighted by Gasteiger charge is 2.17. The number of benzene rings is 1. The van der Waals surface area contributed by atoms with Gasteiger partial charge in [-0.05, 0) is 18.2 Å². The minimum absolute atomic E-state index is 0.117. The molecule has 0 fully saturated rings. The molecular weight excluding hydrogens is 246 g/mol. The number of nitrogens with zero attached hydrogens (tertiary/aromatic N) is 1. The Morgan fingerprint density at radius 3 is 2.79 bits per heavy atom. The number of aromatic nitrogens is 1. The second kappa shape index (κ2) is 5.16. The highest BCUT2D eigenvalue weighted by molar-refractivity contribution is 5.51. The van der Waals surface area contributed by atoms with Crippen LogP contribution in [0.2, 0.25) is 0 Å².